The van der Waals surface area contributed by atoms with Gasteiger partial charge in [-0.15, -0.1) is 0 Å². The molecular formula is C5H8N2O. The molecule has 0 unspecified atom stereocenters. The number of hydrogen-bond donors (Lipinski definition) is 1. The molecule has 1 aromatic heterocycles. The summed E-state index contributed by atoms with van der Waals surface area (Å²) in [4.78, 5) is 4.77. The van der Waals surface area contributed by atoms with Crippen molar-refractivity contribution >= 4 is 5.69 Å². The Morgan fingerprint density at radius 3 is 2.75 bits per heavy atom. The Bertz CT molecular complexity index is 171. The minimum Gasteiger partial charge on any atom is -0.418 e. The van der Waals surface area contributed by atoms with Gasteiger partial charge in [0.25, 0.3) is 0 Å². The third kappa shape index (κ3) is 0.753. The summed E-state index contributed by atoms with van der Waals surface area (Å²) in [5.74, 6) is 0. The van der Waals surface area contributed by atoms with Crippen LogP contribution in [-0.2, 0) is 0 Å². The zero-order valence-corrected chi connectivity index (χ0v) is 4.66. The number of nitrogens with zero attached hydrogens (tertiary/aromatic N) is 1. The van der Waals surface area contributed by atoms with E-state index in [1.807, 2.05) is 0 Å². The van der Waals surface area contributed by atoms with Crippen LogP contribution >= 0.6 is 0 Å². The van der Waals surface area contributed by atoms with Crippen molar-refractivity contribution < 1.29 is 4.84 Å². The molecule has 0 atom stereocenters. The summed E-state index contributed by atoms with van der Waals surface area (Å²) in [5.41, 5.74) is 6.07. The molecule has 1 heterocycles. The van der Waals surface area contributed by atoms with Gasteiger partial charge in [-0.05, 0) is 6.07 Å². The average Bonchev–Trinajstić information content (AvgIpc) is 2.14. The molecule has 0 aliphatic heterocycles. The van der Waals surface area contributed by atoms with Crippen LogP contribution in [0.2, 0.25) is 0 Å². The average molecular weight is 112 g/mol. The van der Waals surface area contributed by atoms with Crippen LogP contribution in [0.3, 0.4) is 0 Å². The number of rotatable bonds is 1. The predicted octanol–water partition coefficient (Wildman–Crippen LogP) is 0.129. The molecule has 3 nitrogen and oxygen atoms in total. The fourth-order valence-corrected chi connectivity index (χ4v) is 0.506. The molecule has 0 fully saturated rings. The Balaban J connectivity index is 2.84. The van der Waals surface area contributed by atoms with Crippen molar-refractivity contribution in [3.8, 4) is 0 Å². The van der Waals surface area contributed by atoms with E-state index >= 15 is 0 Å². The van der Waals surface area contributed by atoms with Crippen LogP contribution < -0.4 is 10.6 Å². The third-order valence-electron chi connectivity index (χ3n) is 0.901. The summed E-state index contributed by atoms with van der Waals surface area (Å²) >= 11 is 0. The summed E-state index contributed by atoms with van der Waals surface area (Å²) in [7, 11) is 1.58. The van der Waals surface area contributed by atoms with Crippen LogP contribution in [-0.4, -0.2) is 11.8 Å². The van der Waals surface area contributed by atoms with Crippen molar-refractivity contribution in [3.63, 3.8) is 0 Å². The molecule has 8 heavy (non-hydrogen) atoms. The number of hydrogen-bond acceptors (Lipinski definition) is 2. The number of nitrogen functional groups attached to an aromatic ring is 1. The van der Waals surface area contributed by atoms with E-state index in [-0.39, 0.29) is 0 Å². The van der Waals surface area contributed by atoms with Gasteiger partial charge >= 0.3 is 0 Å². The van der Waals surface area contributed by atoms with Gasteiger partial charge in [0.1, 0.15) is 7.11 Å². The van der Waals surface area contributed by atoms with Crippen LogP contribution in [0.5, 0.6) is 0 Å². The van der Waals surface area contributed by atoms with Crippen molar-refractivity contribution in [2.45, 2.75) is 0 Å². The topological polar surface area (TPSA) is 40.2 Å². The molecule has 3 heteroatoms. The number of nitrogens with two attached hydrogens (primary N) is 1. The molecule has 0 aliphatic carbocycles. The Labute approximate surface area is 47.6 Å². The first-order valence-corrected chi connectivity index (χ1v) is 2.31. The molecular weight excluding hydrogens is 104 g/mol. The van der Waals surface area contributed by atoms with Crippen LogP contribution in [0.1, 0.15) is 0 Å². The first kappa shape index (κ1) is 5.03. The SMILES string of the molecule is COn1ccc(N)c1. The molecule has 0 saturated heterocycles. The van der Waals surface area contributed by atoms with Gasteiger partial charge < -0.3 is 10.6 Å². The zero-order valence-electron chi connectivity index (χ0n) is 4.66. The molecule has 0 aliphatic rings. The Kier molecular flexibility index (Phi) is 1.12. The normalized spacial score (nSPS) is 9.12. The van der Waals surface area contributed by atoms with Gasteiger partial charge in [-0.1, -0.05) is 0 Å². The van der Waals surface area contributed by atoms with Gasteiger partial charge in [0.2, 0.25) is 0 Å². The summed E-state index contributed by atoms with van der Waals surface area (Å²) in [5, 5.41) is 0. The lowest BCUT2D eigenvalue weighted by molar-refractivity contribution is 0.168. The van der Waals surface area contributed by atoms with Crippen molar-refractivity contribution in [1.82, 2.24) is 4.73 Å². The highest BCUT2D eigenvalue weighted by Gasteiger charge is 1.85. The molecule has 44 valence electrons. The van der Waals surface area contributed by atoms with E-state index in [2.05, 4.69) is 0 Å². The van der Waals surface area contributed by atoms with Crippen LogP contribution in [0.4, 0.5) is 5.69 Å². The number of anilines is 1. The molecule has 0 radical (unpaired) electrons. The van der Waals surface area contributed by atoms with E-state index in [1.165, 1.54) is 4.73 Å². The zero-order chi connectivity index (χ0) is 5.98. The summed E-state index contributed by atoms with van der Waals surface area (Å²) in [6.07, 6.45) is 3.44. The van der Waals surface area contributed by atoms with Crippen molar-refractivity contribution in [1.29, 1.82) is 0 Å². The lowest BCUT2D eigenvalue weighted by atomic mass is 10.6. The summed E-state index contributed by atoms with van der Waals surface area (Å²) < 4.78 is 1.54. The Morgan fingerprint density at radius 1 is 1.75 bits per heavy atom. The van der Waals surface area contributed by atoms with Crippen LogP contribution in [0, 0.1) is 0 Å². The van der Waals surface area contributed by atoms with Crippen molar-refractivity contribution in [2.75, 3.05) is 12.8 Å². The van der Waals surface area contributed by atoms with E-state index < -0.39 is 0 Å². The molecule has 0 saturated carbocycles. The summed E-state index contributed by atoms with van der Waals surface area (Å²) in [6, 6.07) is 1.77. The fraction of sp³-hybridized carbons (Fsp3) is 0.200. The number of aromatic nitrogens is 1. The predicted molar refractivity (Wildman–Crippen MR) is 31.3 cm³/mol. The first-order chi connectivity index (χ1) is 3.83. The van der Waals surface area contributed by atoms with Gasteiger partial charge in [-0.25, -0.2) is 0 Å². The van der Waals surface area contributed by atoms with Crippen molar-refractivity contribution in [3.05, 3.63) is 18.5 Å². The van der Waals surface area contributed by atoms with Gasteiger partial charge in [-0.2, -0.15) is 4.73 Å². The molecule has 0 spiro atoms. The second-order valence-corrected chi connectivity index (χ2v) is 1.49. The largest absolute Gasteiger partial charge is 0.418 e. The quantitative estimate of drug-likeness (QED) is 0.561. The highest BCUT2D eigenvalue weighted by molar-refractivity contribution is 5.33. The maximum Gasteiger partial charge on any atom is 0.104 e. The second-order valence-electron chi connectivity index (χ2n) is 1.49. The molecule has 0 bridgehead atoms. The minimum absolute atomic E-state index is 0.715. The first-order valence-electron chi connectivity index (χ1n) is 2.31. The molecule has 0 aromatic carbocycles. The van der Waals surface area contributed by atoms with E-state index in [0.29, 0.717) is 5.69 Å². The van der Waals surface area contributed by atoms with Crippen LogP contribution in [0.25, 0.3) is 0 Å². The standard InChI is InChI=1S/C5H8N2O/c1-8-7-3-2-5(6)4-7/h2-4H,6H2,1H3. The molecule has 2 N–H and O–H groups in total. The van der Waals surface area contributed by atoms with Crippen LogP contribution in [0.15, 0.2) is 18.5 Å². The monoisotopic (exact) mass is 112 g/mol. The smallest absolute Gasteiger partial charge is 0.104 e. The Morgan fingerprint density at radius 2 is 2.50 bits per heavy atom. The van der Waals surface area contributed by atoms with E-state index in [9.17, 15) is 0 Å². The molecule has 1 rings (SSSR count). The van der Waals surface area contributed by atoms with Gasteiger partial charge in [0.15, 0.2) is 0 Å². The van der Waals surface area contributed by atoms with Gasteiger partial charge in [0.05, 0.1) is 11.9 Å². The summed E-state index contributed by atoms with van der Waals surface area (Å²) in [6.45, 7) is 0. The lowest BCUT2D eigenvalue weighted by Gasteiger charge is -1.94. The fourth-order valence-electron chi connectivity index (χ4n) is 0.506. The van der Waals surface area contributed by atoms with Gasteiger partial charge in [0, 0.05) is 6.20 Å². The van der Waals surface area contributed by atoms with Crippen molar-refractivity contribution in [2.24, 2.45) is 0 Å². The molecule has 0 amide bonds. The van der Waals surface area contributed by atoms with Gasteiger partial charge in [-0.3, -0.25) is 0 Å². The highest BCUT2D eigenvalue weighted by atomic mass is 16.6. The molecule has 1 aromatic rings. The van der Waals surface area contributed by atoms with E-state index in [0.717, 1.165) is 0 Å². The maximum atomic E-state index is 5.35. The lowest BCUT2D eigenvalue weighted by Crippen LogP contribution is -2.00. The minimum atomic E-state index is 0.715. The highest BCUT2D eigenvalue weighted by Crippen LogP contribution is 1.98. The Hall–Kier alpha value is -1.12. The van der Waals surface area contributed by atoms with E-state index in [4.69, 9.17) is 10.6 Å². The second kappa shape index (κ2) is 1.78. The third-order valence-corrected chi connectivity index (χ3v) is 0.901. The maximum absolute atomic E-state index is 5.35. The van der Waals surface area contributed by atoms with E-state index in [1.54, 1.807) is 25.6 Å².